The van der Waals surface area contributed by atoms with E-state index in [2.05, 4.69) is 0 Å². The molecule has 6 heteroatoms. The molecular formula is C17H14FNO3S. The van der Waals surface area contributed by atoms with E-state index in [0.29, 0.717) is 11.3 Å². The van der Waals surface area contributed by atoms with Crippen LogP contribution in [0.25, 0.3) is 0 Å². The monoisotopic (exact) mass is 335 g/mol. The number of amides is 1. The fourth-order valence-electron chi connectivity index (χ4n) is 2.39. The van der Waals surface area contributed by atoms with Gasteiger partial charge in [-0.25, -0.2) is 9.18 Å². The first kappa shape index (κ1) is 11.2. The van der Waals surface area contributed by atoms with Gasteiger partial charge in [-0.1, -0.05) is 12.1 Å². The van der Waals surface area contributed by atoms with Gasteiger partial charge in [0.25, 0.3) is 0 Å². The molecule has 1 aliphatic rings. The molecule has 1 heterocycles. The Morgan fingerprint density at radius 3 is 2.70 bits per heavy atom. The Morgan fingerprint density at radius 1 is 1.39 bits per heavy atom. The van der Waals surface area contributed by atoms with Crippen molar-refractivity contribution in [1.82, 2.24) is 0 Å². The van der Waals surface area contributed by atoms with Gasteiger partial charge in [0.2, 0.25) is 5.91 Å². The Bertz CT molecular complexity index is 956. The number of aryl methyl sites for hydroxylation is 1. The first-order chi connectivity index (χ1) is 12.6. The lowest BCUT2D eigenvalue weighted by Gasteiger charge is -2.26. The summed E-state index contributed by atoms with van der Waals surface area (Å²) in [5, 5.41) is 8.22. The zero-order valence-corrected chi connectivity index (χ0v) is 12.8. The van der Waals surface area contributed by atoms with E-state index in [0.717, 1.165) is 11.8 Å². The lowest BCUT2D eigenvalue weighted by atomic mass is 10.1. The molecule has 0 aliphatic carbocycles. The summed E-state index contributed by atoms with van der Waals surface area (Å²) in [6, 6.07) is 1.57. The number of carbonyl (C=O) groups excluding carboxylic acids is 1. The Kier molecular flexibility index (Phi) is 2.95. The molecule has 1 fully saturated rings. The molecule has 0 radical (unpaired) electrons. The number of anilines is 1. The largest absolute Gasteiger partial charge is 0.478 e. The Labute approximate surface area is 142 Å². The molecular weight excluding hydrogens is 317 g/mol. The summed E-state index contributed by atoms with van der Waals surface area (Å²) < 4.78 is 45.3. The standard InChI is InChI=1S/C17H14FNO3S/c1-10-8-12(17(21)22)4-7-14(10)19-15(20)9-23-16(19)11-2-5-13(18)6-3-11/h2-8,16H,9H2,1H3,(H,21,22)/i2D,3D,5D,6D. The number of carboxylic acid groups (broad SMARTS) is 1. The molecule has 1 saturated heterocycles. The highest BCUT2D eigenvalue weighted by Gasteiger charge is 2.34. The SMILES string of the molecule is [2H]c1c([2H])c(C2SCC(=O)N2c2ccc(C(=O)O)cc2C)c([2H])c([2H])c1F. The minimum absolute atomic E-state index is 0.0434. The molecule has 0 saturated carbocycles. The lowest BCUT2D eigenvalue weighted by Crippen LogP contribution is -2.28. The third kappa shape index (κ3) is 2.94. The lowest BCUT2D eigenvalue weighted by molar-refractivity contribution is -0.115. The normalized spacial score (nSPS) is 20.0. The second-order valence-electron chi connectivity index (χ2n) is 4.96. The first-order valence-electron chi connectivity index (χ1n) is 8.68. The average molecular weight is 335 g/mol. The summed E-state index contributed by atoms with van der Waals surface area (Å²) >= 11 is 1.11. The van der Waals surface area contributed by atoms with Gasteiger partial charge in [-0.2, -0.15) is 0 Å². The Morgan fingerprint density at radius 2 is 2.09 bits per heavy atom. The zero-order valence-electron chi connectivity index (χ0n) is 16.0. The summed E-state index contributed by atoms with van der Waals surface area (Å²) in [6.45, 7) is 1.63. The fourth-order valence-corrected chi connectivity index (χ4v) is 3.49. The molecule has 0 spiro atoms. The number of halogens is 1. The van der Waals surface area contributed by atoms with Gasteiger partial charge in [-0.3, -0.25) is 9.69 Å². The highest BCUT2D eigenvalue weighted by Crippen LogP contribution is 2.42. The summed E-state index contributed by atoms with van der Waals surface area (Å²) in [7, 11) is 0. The van der Waals surface area contributed by atoms with Gasteiger partial charge in [-0.15, -0.1) is 11.8 Å². The maximum absolute atomic E-state index is 13.8. The van der Waals surface area contributed by atoms with Crippen LogP contribution in [0.1, 0.15) is 32.3 Å². The smallest absolute Gasteiger partial charge is 0.335 e. The Hall–Kier alpha value is -2.34. The molecule has 0 aromatic heterocycles. The van der Waals surface area contributed by atoms with Gasteiger partial charge in [-0.05, 0) is 48.3 Å². The van der Waals surface area contributed by atoms with Crippen LogP contribution in [0.3, 0.4) is 0 Å². The topological polar surface area (TPSA) is 57.6 Å². The van der Waals surface area contributed by atoms with Crippen molar-refractivity contribution in [2.24, 2.45) is 0 Å². The number of hydrogen-bond donors (Lipinski definition) is 1. The van der Waals surface area contributed by atoms with E-state index in [1.165, 1.54) is 23.1 Å². The number of carboxylic acids is 1. The van der Waals surface area contributed by atoms with E-state index in [1.807, 2.05) is 0 Å². The van der Waals surface area contributed by atoms with Crippen LogP contribution in [0.5, 0.6) is 0 Å². The van der Waals surface area contributed by atoms with Crippen molar-refractivity contribution in [1.29, 1.82) is 0 Å². The molecule has 4 nitrogen and oxygen atoms in total. The van der Waals surface area contributed by atoms with E-state index >= 15 is 0 Å². The second kappa shape index (κ2) is 6.04. The third-order valence-electron chi connectivity index (χ3n) is 3.43. The number of hydrogen-bond acceptors (Lipinski definition) is 3. The minimum Gasteiger partial charge on any atom is -0.478 e. The number of benzene rings is 2. The van der Waals surface area contributed by atoms with Crippen LogP contribution in [-0.2, 0) is 4.79 Å². The molecule has 3 rings (SSSR count). The number of rotatable bonds is 3. The van der Waals surface area contributed by atoms with E-state index in [-0.39, 0.29) is 22.8 Å². The number of thioether (sulfide) groups is 1. The summed E-state index contributed by atoms with van der Waals surface area (Å²) in [5.41, 5.74) is 0.886. The third-order valence-corrected chi connectivity index (χ3v) is 4.61. The Balaban J connectivity index is 2.16. The molecule has 0 bridgehead atoms. The maximum atomic E-state index is 13.8. The number of nitrogens with zero attached hydrogens (tertiary/aromatic N) is 1. The van der Waals surface area contributed by atoms with Crippen LogP contribution in [0.15, 0.2) is 42.4 Å². The van der Waals surface area contributed by atoms with E-state index in [1.54, 1.807) is 6.92 Å². The van der Waals surface area contributed by atoms with E-state index in [9.17, 15) is 14.0 Å². The predicted molar refractivity (Wildman–Crippen MR) is 87.2 cm³/mol. The van der Waals surface area contributed by atoms with Gasteiger partial charge in [0.15, 0.2) is 0 Å². The van der Waals surface area contributed by atoms with Crippen molar-refractivity contribution < 1.29 is 24.6 Å². The first-order valence-corrected chi connectivity index (χ1v) is 7.73. The van der Waals surface area contributed by atoms with Crippen LogP contribution in [0, 0.1) is 12.7 Å². The fraction of sp³-hybridized carbons (Fsp3) is 0.176. The molecule has 1 atom stereocenters. The summed E-state index contributed by atoms with van der Waals surface area (Å²) in [6.07, 6.45) is 0. The number of aromatic carboxylic acids is 1. The molecule has 1 aliphatic heterocycles. The quantitative estimate of drug-likeness (QED) is 0.931. The second-order valence-corrected chi connectivity index (χ2v) is 6.03. The predicted octanol–water partition coefficient (Wildman–Crippen LogP) is 3.61. The van der Waals surface area contributed by atoms with Crippen molar-refractivity contribution in [3.63, 3.8) is 0 Å². The highest BCUT2D eigenvalue weighted by molar-refractivity contribution is 8.00. The molecule has 1 unspecified atom stereocenters. The average Bonchev–Trinajstić information content (AvgIpc) is 2.99. The van der Waals surface area contributed by atoms with Crippen molar-refractivity contribution in [3.05, 3.63) is 64.9 Å². The van der Waals surface area contributed by atoms with Gasteiger partial charge >= 0.3 is 5.97 Å². The molecule has 23 heavy (non-hydrogen) atoms. The van der Waals surface area contributed by atoms with E-state index < -0.39 is 41.3 Å². The van der Waals surface area contributed by atoms with Crippen molar-refractivity contribution in [2.45, 2.75) is 12.3 Å². The highest BCUT2D eigenvalue weighted by atomic mass is 32.2. The van der Waals surface area contributed by atoms with Gasteiger partial charge in [0.05, 0.1) is 16.8 Å². The summed E-state index contributed by atoms with van der Waals surface area (Å²) in [4.78, 5) is 24.9. The van der Waals surface area contributed by atoms with Gasteiger partial charge in [0, 0.05) is 5.69 Å². The van der Waals surface area contributed by atoms with Crippen LogP contribution in [-0.4, -0.2) is 22.7 Å². The van der Waals surface area contributed by atoms with Crippen molar-refractivity contribution in [2.75, 3.05) is 10.7 Å². The maximum Gasteiger partial charge on any atom is 0.335 e. The van der Waals surface area contributed by atoms with Crippen LogP contribution >= 0.6 is 11.8 Å². The zero-order chi connectivity index (χ0) is 20.0. The van der Waals surface area contributed by atoms with Crippen LogP contribution < -0.4 is 4.90 Å². The van der Waals surface area contributed by atoms with Crippen molar-refractivity contribution >= 4 is 29.3 Å². The van der Waals surface area contributed by atoms with Crippen LogP contribution in [0.2, 0.25) is 0 Å². The van der Waals surface area contributed by atoms with E-state index in [4.69, 9.17) is 10.6 Å². The van der Waals surface area contributed by atoms with Gasteiger partial charge < -0.3 is 5.11 Å². The molecule has 2 aromatic carbocycles. The summed E-state index contributed by atoms with van der Waals surface area (Å²) in [5.74, 6) is -2.63. The van der Waals surface area contributed by atoms with Gasteiger partial charge in [0.1, 0.15) is 11.2 Å². The number of carbonyl (C=O) groups is 2. The molecule has 1 amide bonds. The van der Waals surface area contributed by atoms with Crippen LogP contribution in [0.4, 0.5) is 10.1 Å². The molecule has 118 valence electrons. The van der Waals surface area contributed by atoms with Crippen molar-refractivity contribution in [3.8, 4) is 0 Å². The molecule has 1 N–H and O–H groups in total. The minimum atomic E-state index is -1.24. The molecule has 2 aromatic rings.